The van der Waals surface area contributed by atoms with E-state index in [4.69, 9.17) is 4.74 Å². The van der Waals surface area contributed by atoms with E-state index in [0.29, 0.717) is 13.2 Å². The minimum Gasteiger partial charge on any atom is -0.491 e. The van der Waals surface area contributed by atoms with Crippen LogP contribution in [-0.2, 0) is 17.9 Å². The highest BCUT2D eigenvalue weighted by atomic mass is 19.1. The van der Waals surface area contributed by atoms with Gasteiger partial charge < -0.3 is 9.64 Å². The summed E-state index contributed by atoms with van der Waals surface area (Å²) in [5.74, 6) is 0.517. The van der Waals surface area contributed by atoms with E-state index in [2.05, 4.69) is 5.10 Å². The third-order valence-corrected chi connectivity index (χ3v) is 4.98. The number of benzene rings is 2. The van der Waals surface area contributed by atoms with Crippen molar-refractivity contribution in [3.8, 4) is 16.9 Å². The van der Waals surface area contributed by atoms with Crippen molar-refractivity contribution >= 4 is 5.91 Å². The number of hydrogen-bond acceptors (Lipinski definition) is 3. The lowest BCUT2D eigenvalue weighted by molar-refractivity contribution is -0.135. The molecule has 0 N–H and O–H groups in total. The molecule has 5 nitrogen and oxygen atoms in total. The van der Waals surface area contributed by atoms with Gasteiger partial charge in [0.25, 0.3) is 0 Å². The fraction of sp³-hybridized carbons (Fsp3) is 0.273. The maximum atomic E-state index is 13.2. The van der Waals surface area contributed by atoms with Gasteiger partial charge in [0.05, 0.1) is 11.7 Å². The number of ether oxygens (including phenoxy) is 1. The second-order valence-corrected chi connectivity index (χ2v) is 7.17. The Kier molecular flexibility index (Phi) is 4.86. The molecule has 0 spiro atoms. The number of nitrogens with zero attached hydrogens (tertiary/aromatic N) is 3. The van der Waals surface area contributed by atoms with Crippen molar-refractivity contribution in [2.45, 2.75) is 33.0 Å². The molecule has 0 aliphatic carbocycles. The van der Waals surface area contributed by atoms with Crippen LogP contribution >= 0.6 is 0 Å². The van der Waals surface area contributed by atoms with Gasteiger partial charge in [-0.2, -0.15) is 5.10 Å². The van der Waals surface area contributed by atoms with Gasteiger partial charge in [0.2, 0.25) is 5.91 Å². The van der Waals surface area contributed by atoms with Crippen molar-refractivity contribution in [1.29, 1.82) is 0 Å². The zero-order valence-corrected chi connectivity index (χ0v) is 15.9. The maximum Gasteiger partial charge on any atom is 0.244 e. The van der Waals surface area contributed by atoms with Gasteiger partial charge >= 0.3 is 0 Å². The van der Waals surface area contributed by atoms with E-state index < -0.39 is 0 Å². The van der Waals surface area contributed by atoms with Crippen molar-refractivity contribution in [1.82, 2.24) is 14.7 Å². The van der Waals surface area contributed by atoms with E-state index in [0.717, 1.165) is 28.1 Å². The van der Waals surface area contributed by atoms with Crippen LogP contribution < -0.4 is 4.74 Å². The molecule has 0 bridgehead atoms. The van der Waals surface area contributed by atoms with Crippen LogP contribution in [0.1, 0.15) is 18.2 Å². The van der Waals surface area contributed by atoms with Crippen LogP contribution in [0.25, 0.3) is 11.1 Å². The number of amides is 1. The Labute approximate surface area is 163 Å². The molecule has 2 heterocycles. The van der Waals surface area contributed by atoms with Crippen molar-refractivity contribution in [2.75, 3.05) is 6.61 Å². The molecule has 144 valence electrons. The zero-order chi connectivity index (χ0) is 19.7. The summed E-state index contributed by atoms with van der Waals surface area (Å²) in [7, 11) is 0. The van der Waals surface area contributed by atoms with E-state index in [1.165, 1.54) is 12.1 Å². The fourth-order valence-corrected chi connectivity index (χ4v) is 3.42. The average Bonchev–Trinajstić information content (AvgIpc) is 3.01. The summed E-state index contributed by atoms with van der Waals surface area (Å²) in [4.78, 5) is 14.7. The molecule has 1 aliphatic rings. The second-order valence-electron chi connectivity index (χ2n) is 7.17. The summed E-state index contributed by atoms with van der Waals surface area (Å²) < 4.78 is 20.8. The number of aromatic nitrogens is 2. The summed E-state index contributed by atoms with van der Waals surface area (Å²) >= 11 is 0. The molecule has 4 rings (SSSR count). The van der Waals surface area contributed by atoms with Crippen molar-refractivity contribution in [3.05, 3.63) is 71.8 Å². The summed E-state index contributed by atoms with van der Waals surface area (Å²) in [6.07, 6.45) is 1.81. The highest BCUT2D eigenvalue weighted by Gasteiger charge is 2.26. The lowest BCUT2D eigenvalue weighted by atomic mass is 10.0. The molecular formula is C22H22FN3O2. The van der Waals surface area contributed by atoms with E-state index >= 15 is 0 Å². The van der Waals surface area contributed by atoms with E-state index in [9.17, 15) is 9.18 Å². The van der Waals surface area contributed by atoms with Crippen molar-refractivity contribution < 1.29 is 13.9 Å². The van der Waals surface area contributed by atoms with Crippen LogP contribution in [0.2, 0.25) is 0 Å². The summed E-state index contributed by atoms with van der Waals surface area (Å²) in [5, 5.41) is 4.31. The molecule has 6 heteroatoms. The molecule has 1 aliphatic heterocycles. The molecule has 28 heavy (non-hydrogen) atoms. The number of fused-ring (bicyclic) bond motifs is 1. The summed E-state index contributed by atoms with van der Waals surface area (Å²) in [6, 6.07) is 14.1. The third-order valence-electron chi connectivity index (χ3n) is 4.98. The standard InChI is InChI=1S/C22H22FN3O2/c1-15-9-10-25(24-15)13-22(27)26-12-19-11-18(17-3-6-20(23)7-4-17)5-8-21(19)28-14-16(26)2/h3-11,16H,12-14H2,1-2H3/t16-/m0/s1. The van der Waals surface area contributed by atoms with Gasteiger partial charge in [-0.05, 0) is 55.3 Å². The molecule has 0 unspecified atom stereocenters. The molecule has 0 radical (unpaired) electrons. The summed E-state index contributed by atoms with van der Waals surface area (Å²) in [6.45, 7) is 4.98. The Hall–Kier alpha value is -3.15. The number of hydrogen-bond donors (Lipinski definition) is 0. The van der Waals surface area contributed by atoms with Crippen LogP contribution in [0.4, 0.5) is 4.39 Å². The largest absolute Gasteiger partial charge is 0.491 e. The van der Waals surface area contributed by atoms with Crippen molar-refractivity contribution in [2.24, 2.45) is 0 Å². The Morgan fingerprint density at radius 2 is 1.93 bits per heavy atom. The first-order chi connectivity index (χ1) is 13.5. The first-order valence-electron chi connectivity index (χ1n) is 9.31. The molecule has 1 amide bonds. The molecule has 0 fully saturated rings. The minimum absolute atomic E-state index is 0.000708. The minimum atomic E-state index is -0.263. The van der Waals surface area contributed by atoms with Crippen LogP contribution in [0.3, 0.4) is 0 Å². The predicted molar refractivity (Wildman–Crippen MR) is 104 cm³/mol. The van der Waals surface area contributed by atoms with Gasteiger partial charge in [-0.3, -0.25) is 9.48 Å². The SMILES string of the molecule is Cc1ccn(CC(=O)N2Cc3cc(-c4ccc(F)cc4)ccc3OC[C@@H]2C)n1. The number of carbonyl (C=O) groups excluding carboxylic acids is 1. The molecule has 0 saturated carbocycles. The van der Waals surface area contributed by atoms with Gasteiger partial charge in [-0.25, -0.2) is 4.39 Å². The lowest BCUT2D eigenvalue weighted by Crippen LogP contribution is -2.41. The first kappa shape index (κ1) is 18.2. The van der Waals surface area contributed by atoms with Gasteiger partial charge in [0, 0.05) is 18.3 Å². The molecule has 2 aromatic carbocycles. The normalized spacial score (nSPS) is 16.2. The van der Waals surface area contributed by atoms with Crippen LogP contribution in [0, 0.1) is 12.7 Å². The van der Waals surface area contributed by atoms with E-state index in [-0.39, 0.29) is 24.3 Å². The first-order valence-corrected chi connectivity index (χ1v) is 9.31. The molecule has 1 atom stereocenters. The topological polar surface area (TPSA) is 47.4 Å². The Bertz CT molecular complexity index is 997. The van der Waals surface area contributed by atoms with Gasteiger partial charge in [0.1, 0.15) is 24.7 Å². The number of rotatable bonds is 3. The maximum absolute atomic E-state index is 13.2. The second kappa shape index (κ2) is 7.46. The van der Waals surface area contributed by atoms with Crippen LogP contribution in [0.15, 0.2) is 54.7 Å². The smallest absolute Gasteiger partial charge is 0.244 e. The zero-order valence-electron chi connectivity index (χ0n) is 15.9. The van der Waals surface area contributed by atoms with E-state index in [1.54, 1.807) is 16.8 Å². The van der Waals surface area contributed by atoms with Crippen LogP contribution in [-0.4, -0.2) is 33.2 Å². The van der Waals surface area contributed by atoms with Gasteiger partial charge in [0.15, 0.2) is 0 Å². The Morgan fingerprint density at radius 3 is 2.64 bits per heavy atom. The predicted octanol–water partition coefficient (Wildman–Crippen LogP) is 3.81. The summed E-state index contributed by atoms with van der Waals surface area (Å²) in [5.41, 5.74) is 3.71. The average molecular weight is 379 g/mol. The third kappa shape index (κ3) is 3.76. The number of carbonyl (C=O) groups is 1. The highest BCUT2D eigenvalue weighted by Crippen LogP contribution is 2.30. The fourth-order valence-electron chi connectivity index (χ4n) is 3.42. The highest BCUT2D eigenvalue weighted by molar-refractivity contribution is 5.76. The Morgan fingerprint density at radius 1 is 1.18 bits per heavy atom. The quantitative estimate of drug-likeness (QED) is 0.695. The molecule has 3 aromatic rings. The monoisotopic (exact) mass is 379 g/mol. The molecule has 1 aromatic heterocycles. The molecule has 0 saturated heterocycles. The van der Waals surface area contributed by atoms with E-state index in [1.807, 2.05) is 49.2 Å². The Balaban J connectivity index is 1.59. The number of aryl methyl sites for hydroxylation is 1. The van der Waals surface area contributed by atoms with Crippen LogP contribution in [0.5, 0.6) is 5.75 Å². The molecular weight excluding hydrogens is 357 g/mol. The lowest BCUT2D eigenvalue weighted by Gasteiger charge is -2.26. The number of halogens is 1. The van der Waals surface area contributed by atoms with Gasteiger partial charge in [-0.15, -0.1) is 0 Å². The van der Waals surface area contributed by atoms with Gasteiger partial charge in [-0.1, -0.05) is 18.2 Å². The van der Waals surface area contributed by atoms with Crippen molar-refractivity contribution in [3.63, 3.8) is 0 Å².